The number of nitrogens with one attached hydrogen (secondary N) is 2. The van der Waals surface area contributed by atoms with Crippen LogP contribution >= 0.6 is 0 Å². The molecule has 106 valence electrons. The van der Waals surface area contributed by atoms with Crippen molar-refractivity contribution in [1.29, 1.82) is 0 Å². The van der Waals surface area contributed by atoms with Gasteiger partial charge in [0.05, 0.1) is 0 Å². The van der Waals surface area contributed by atoms with Gasteiger partial charge in [0.25, 0.3) is 0 Å². The molecule has 19 heavy (non-hydrogen) atoms. The molecule has 1 amide bonds. The number of aromatic nitrogens is 3. The fraction of sp³-hybridized carbons (Fsp3) is 0.636. The number of carbonyl (C=O) groups is 1. The Morgan fingerprint density at radius 2 is 2.00 bits per heavy atom. The van der Waals surface area contributed by atoms with E-state index >= 15 is 0 Å². The summed E-state index contributed by atoms with van der Waals surface area (Å²) in [6.45, 7) is 4.28. The molecule has 0 aliphatic carbocycles. The van der Waals surface area contributed by atoms with Gasteiger partial charge in [-0.05, 0) is 13.8 Å². The van der Waals surface area contributed by atoms with Crippen molar-refractivity contribution in [1.82, 2.24) is 20.3 Å². The number of rotatable bonds is 6. The second-order valence-corrected chi connectivity index (χ2v) is 4.61. The molecule has 8 heteroatoms. The minimum atomic E-state index is -0.0163. The van der Waals surface area contributed by atoms with Gasteiger partial charge in [-0.2, -0.15) is 15.0 Å². The van der Waals surface area contributed by atoms with Gasteiger partial charge in [-0.1, -0.05) is 0 Å². The van der Waals surface area contributed by atoms with Gasteiger partial charge in [0.15, 0.2) is 0 Å². The molecule has 0 aliphatic heterocycles. The van der Waals surface area contributed by atoms with Crippen molar-refractivity contribution in [2.24, 2.45) is 0 Å². The third-order valence-corrected chi connectivity index (χ3v) is 2.13. The highest BCUT2D eigenvalue weighted by Gasteiger charge is 2.07. The lowest BCUT2D eigenvalue weighted by Gasteiger charge is -2.12. The third-order valence-electron chi connectivity index (χ3n) is 2.13. The van der Waals surface area contributed by atoms with Gasteiger partial charge >= 0.3 is 0 Å². The van der Waals surface area contributed by atoms with Crippen molar-refractivity contribution < 1.29 is 4.79 Å². The van der Waals surface area contributed by atoms with Gasteiger partial charge in [-0.15, -0.1) is 0 Å². The topological polar surface area (TPSA) is 109 Å². The van der Waals surface area contributed by atoms with Crippen LogP contribution in [0.25, 0.3) is 0 Å². The Kier molecular flexibility index (Phi) is 5.28. The molecule has 1 rings (SSSR count). The maximum absolute atomic E-state index is 11.4. The van der Waals surface area contributed by atoms with Crippen LogP contribution in [0.1, 0.15) is 20.3 Å². The number of amides is 1. The molecule has 0 atom stereocenters. The summed E-state index contributed by atoms with van der Waals surface area (Å²) in [4.78, 5) is 25.3. The first-order valence-electron chi connectivity index (χ1n) is 6.10. The largest absolute Gasteiger partial charge is 0.368 e. The molecule has 0 fully saturated rings. The van der Waals surface area contributed by atoms with Crippen LogP contribution in [0.5, 0.6) is 0 Å². The zero-order chi connectivity index (χ0) is 14.4. The molecule has 0 bridgehead atoms. The summed E-state index contributed by atoms with van der Waals surface area (Å²) in [7, 11) is 3.63. The summed E-state index contributed by atoms with van der Waals surface area (Å²) in [6, 6.07) is 0.140. The molecular weight excluding hydrogens is 246 g/mol. The predicted molar refractivity (Wildman–Crippen MR) is 75.0 cm³/mol. The molecule has 8 nitrogen and oxygen atoms in total. The Bertz CT molecular complexity index is 433. The Balaban J connectivity index is 2.51. The Hall–Kier alpha value is -2.12. The number of nitrogen functional groups attached to an aromatic ring is 1. The highest BCUT2D eigenvalue weighted by atomic mass is 16.1. The number of nitrogens with two attached hydrogens (primary N) is 1. The van der Waals surface area contributed by atoms with Crippen LogP contribution in [-0.4, -0.2) is 47.5 Å². The molecule has 0 radical (unpaired) electrons. The first kappa shape index (κ1) is 14.9. The molecule has 0 spiro atoms. The van der Waals surface area contributed by atoms with Crippen molar-refractivity contribution in [3.8, 4) is 0 Å². The average Bonchev–Trinajstić information content (AvgIpc) is 2.27. The SMILES string of the molecule is CC(C)NC(=O)CCNc1nc(N)nc(N(C)C)n1. The Morgan fingerprint density at radius 1 is 1.32 bits per heavy atom. The first-order valence-corrected chi connectivity index (χ1v) is 6.10. The Morgan fingerprint density at radius 3 is 2.58 bits per heavy atom. The van der Waals surface area contributed by atoms with E-state index in [2.05, 4.69) is 25.6 Å². The zero-order valence-electron chi connectivity index (χ0n) is 11.8. The summed E-state index contributed by atoms with van der Waals surface area (Å²) in [5.74, 6) is 0.973. The number of carbonyl (C=O) groups excluding carboxylic acids is 1. The van der Waals surface area contributed by atoms with E-state index in [9.17, 15) is 4.79 Å². The fourth-order valence-electron chi connectivity index (χ4n) is 1.34. The van der Waals surface area contributed by atoms with E-state index in [4.69, 9.17) is 5.73 Å². The molecule has 0 saturated carbocycles. The second-order valence-electron chi connectivity index (χ2n) is 4.61. The third kappa shape index (κ3) is 5.36. The monoisotopic (exact) mass is 267 g/mol. The minimum Gasteiger partial charge on any atom is -0.368 e. The lowest BCUT2D eigenvalue weighted by atomic mass is 10.3. The highest BCUT2D eigenvalue weighted by molar-refractivity contribution is 5.76. The first-order chi connectivity index (χ1) is 8.88. The van der Waals surface area contributed by atoms with E-state index in [0.29, 0.717) is 24.9 Å². The highest BCUT2D eigenvalue weighted by Crippen LogP contribution is 2.08. The van der Waals surface area contributed by atoms with Gasteiger partial charge in [0, 0.05) is 33.1 Å². The molecule has 0 saturated heterocycles. The van der Waals surface area contributed by atoms with Crippen molar-refractivity contribution in [2.45, 2.75) is 26.3 Å². The van der Waals surface area contributed by atoms with Gasteiger partial charge in [-0.25, -0.2) is 0 Å². The van der Waals surface area contributed by atoms with Crippen LogP contribution in [0.4, 0.5) is 17.8 Å². The van der Waals surface area contributed by atoms with Crippen LogP contribution in [-0.2, 0) is 4.79 Å². The standard InChI is InChI=1S/C11H21N7O/c1-7(2)14-8(19)5-6-13-10-15-9(12)16-11(17-10)18(3)4/h7H,5-6H2,1-4H3,(H,14,19)(H3,12,13,15,16,17). The minimum absolute atomic E-state index is 0.0163. The zero-order valence-corrected chi connectivity index (χ0v) is 11.8. The maximum Gasteiger partial charge on any atom is 0.231 e. The van der Waals surface area contributed by atoms with E-state index in [1.165, 1.54) is 0 Å². The number of nitrogens with zero attached hydrogens (tertiary/aromatic N) is 4. The van der Waals surface area contributed by atoms with Crippen LogP contribution < -0.4 is 21.3 Å². The predicted octanol–water partition coefficient (Wildman–Crippen LogP) is -0.154. The maximum atomic E-state index is 11.4. The van der Waals surface area contributed by atoms with Crippen molar-refractivity contribution in [2.75, 3.05) is 36.6 Å². The summed E-state index contributed by atoms with van der Waals surface area (Å²) in [5.41, 5.74) is 5.59. The quantitative estimate of drug-likeness (QED) is 0.657. The van der Waals surface area contributed by atoms with E-state index in [1.807, 2.05) is 27.9 Å². The van der Waals surface area contributed by atoms with Crippen LogP contribution in [0.15, 0.2) is 0 Å². The normalized spacial score (nSPS) is 10.4. The number of hydrogen-bond donors (Lipinski definition) is 3. The van der Waals surface area contributed by atoms with Gasteiger partial charge < -0.3 is 21.3 Å². The van der Waals surface area contributed by atoms with Crippen LogP contribution in [0.2, 0.25) is 0 Å². The van der Waals surface area contributed by atoms with Gasteiger partial charge in [-0.3, -0.25) is 4.79 Å². The lowest BCUT2D eigenvalue weighted by Crippen LogP contribution is -2.31. The van der Waals surface area contributed by atoms with E-state index in [0.717, 1.165) is 0 Å². The second kappa shape index (κ2) is 6.72. The lowest BCUT2D eigenvalue weighted by molar-refractivity contribution is -0.121. The summed E-state index contributed by atoms with van der Waals surface area (Å²) in [5, 5.41) is 5.76. The smallest absolute Gasteiger partial charge is 0.231 e. The summed E-state index contributed by atoms with van der Waals surface area (Å²) < 4.78 is 0. The number of anilines is 3. The van der Waals surface area contributed by atoms with Gasteiger partial charge in [0.2, 0.25) is 23.8 Å². The van der Waals surface area contributed by atoms with Crippen molar-refractivity contribution in [3.63, 3.8) is 0 Å². The summed E-state index contributed by atoms with van der Waals surface area (Å²) in [6.07, 6.45) is 0.348. The molecule has 1 heterocycles. The molecule has 0 aromatic carbocycles. The van der Waals surface area contributed by atoms with E-state index in [-0.39, 0.29) is 17.9 Å². The van der Waals surface area contributed by atoms with E-state index < -0.39 is 0 Å². The van der Waals surface area contributed by atoms with Gasteiger partial charge in [0.1, 0.15) is 0 Å². The average molecular weight is 267 g/mol. The van der Waals surface area contributed by atoms with Crippen molar-refractivity contribution >= 4 is 23.8 Å². The van der Waals surface area contributed by atoms with Crippen molar-refractivity contribution in [3.05, 3.63) is 0 Å². The van der Waals surface area contributed by atoms with Crippen LogP contribution in [0, 0.1) is 0 Å². The molecule has 0 unspecified atom stereocenters. The van der Waals surface area contributed by atoms with E-state index in [1.54, 1.807) is 4.90 Å². The number of hydrogen-bond acceptors (Lipinski definition) is 7. The summed E-state index contributed by atoms with van der Waals surface area (Å²) >= 11 is 0. The fourth-order valence-corrected chi connectivity index (χ4v) is 1.34. The van der Waals surface area contributed by atoms with Crippen LogP contribution in [0.3, 0.4) is 0 Å². The molecule has 1 aromatic rings. The molecule has 4 N–H and O–H groups in total. The Labute approximate surface area is 112 Å². The molecule has 1 aromatic heterocycles. The molecular formula is C11H21N7O. The molecule has 0 aliphatic rings.